The van der Waals surface area contributed by atoms with Crippen LogP contribution >= 0.6 is 0 Å². The summed E-state index contributed by atoms with van der Waals surface area (Å²) in [5.74, 6) is 0.834. The molecule has 2 N–H and O–H groups in total. The van der Waals surface area contributed by atoms with Crippen molar-refractivity contribution < 1.29 is 4.79 Å². The third kappa shape index (κ3) is 3.22. The van der Waals surface area contributed by atoms with Crippen molar-refractivity contribution in [1.82, 2.24) is 10.6 Å². The van der Waals surface area contributed by atoms with Crippen molar-refractivity contribution in [3.63, 3.8) is 0 Å². The van der Waals surface area contributed by atoms with Crippen LogP contribution in [0.3, 0.4) is 0 Å². The van der Waals surface area contributed by atoms with Crippen molar-refractivity contribution >= 4 is 5.91 Å². The zero-order chi connectivity index (χ0) is 8.97. The molecule has 1 aliphatic rings. The molecule has 3 heteroatoms. The fourth-order valence-electron chi connectivity index (χ4n) is 1.54. The molecule has 1 atom stereocenters. The maximum atomic E-state index is 11.1. The third-order valence-electron chi connectivity index (χ3n) is 2.04. The topological polar surface area (TPSA) is 41.1 Å². The minimum absolute atomic E-state index is 0.186. The van der Waals surface area contributed by atoms with Crippen molar-refractivity contribution in [3.8, 4) is 0 Å². The van der Waals surface area contributed by atoms with Crippen LogP contribution < -0.4 is 10.6 Å². The molecule has 1 rings (SSSR count). The number of hydrogen-bond acceptors (Lipinski definition) is 2. The molecule has 0 radical (unpaired) electrons. The summed E-state index contributed by atoms with van der Waals surface area (Å²) in [6, 6.07) is 0.333. The van der Waals surface area contributed by atoms with E-state index in [1.807, 2.05) is 0 Å². The lowest BCUT2D eigenvalue weighted by Crippen LogP contribution is -2.38. The van der Waals surface area contributed by atoms with Gasteiger partial charge < -0.3 is 10.6 Å². The SMILES string of the molecule is CC(C)CC1CNCCC(=O)N1. The minimum atomic E-state index is 0.186. The van der Waals surface area contributed by atoms with Crippen LogP contribution in [0.4, 0.5) is 0 Å². The predicted molar refractivity (Wildman–Crippen MR) is 48.9 cm³/mol. The molecular formula is C9H18N2O. The van der Waals surface area contributed by atoms with Crippen LogP contribution in [0, 0.1) is 5.92 Å². The van der Waals surface area contributed by atoms with E-state index in [2.05, 4.69) is 24.5 Å². The van der Waals surface area contributed by atoms with E-state index < -0.39 is 0 Å². The zero-order valence-corrected chi connectivity index (χ0v) is 7.89. The van der Waals surface area contributed by atoms with Gasteiger partial charge in [0.25, 0.3) is 0 Å². The van der Waals surface area contributed by atoms with E-state index in [9.17, 15) is 4.79 Å². The Bertz CT molecular complexity index is 157. The van der Waals surface area contributed by atoms with Gasteiger partial charge in [-0.25, -0.2) is 0 Å². The molecule has 1 saturated heterocycles. The fraction of sp³-hybridized carbons (Fsp3) is 0.889. The lowest BCUT2D eigenvalue weighted by Gasteiger charge is -2.17. The first-order valence-corrected chi connectivity index (χ1v) is 4.68. The summed E-state index contributed by atoms with van der Waals surface area (Å²) < 4.78 is 0. The molecule has 0 bridgehead atoms. The number of nitrogens with one attached hydrogen (secondary N) is 2. The summed E-state index contributed by atoms with van der Waals surface area (Å²) in [5.41, 5.74) is 0. The molecule has 1 fully saturated rings. The number of hydrogen-bond donors (Lipinski definition) is 2. The summed E-state index contributed by atoms with van der Waals surface area (Å²) in [5, 5.41) is 6.26. The molecule has 0 aromatic heterocycles. The van der Waals surface area contributed by atoms with Crippen molar-refractivity contribution in [1.29, 1.82) is 0 Å². The molecule has 0 aliphatic carbocycles. The highest BCUT2D eigenvalue weighted by atomic mass is 16.1. The Morgan fingerprint density at radius 3 is 3.00 bits per heavy atom. The van der Waals surface area contributed by atoms with E-state index in [-0.39, 0.29) is 5.91 Å². The largest absolute Gasteiger partial charge is 0.352 e. The molecule has 3 nitrogen and oxygen atoms in total. The first kappa shape index (κ1) is 9.52. The van der Waals surface area contributed by atoms with Crippen molar-refractivity contribution in [2.24, 2.45) is 5.92 Å². The van der Waals surface area contributed by atoms with Gasteiger partial charge in [0, 0.05) is 25.6 Å². The third-order valence-corrected chi connectivity index (χ3v) is 2.04. The van der Waals surface area contributed by atoms with E-state index in [4.69, 9.17) is 0 Å². The van der Waals surface area contributed by atoms with Gasteiger partial charge in [0.15, 0.2) is 0 Å². The number of carbonyl (C=O) groups excluding carboxylic acids is 1. The molecule has 1 amide bonds. The van der Waals surface area contributed by atoms with Crippen molar-refractivity contribution in [3.05, 3.63) is 0 Å². The maximum Gasteiger partial charge on any atom is 0.221 e. The van der Waals surface area contributed by atoms with Crippen molar-refractivity contribution in [2.75, 3.05) is 13.1 Å². The van der Waals surface area contributed by atoms with Gasteiger partial charge in [0.2, 0.25) is 5.91 Å². The van der Waals surface area contributed by atoms with Gasteiger partial charge in [-0.3, -0.25) is 4.79 Å². The summed E-state index contributed by atoms with van der Waals surface area (Å²) in [7, 11) is 0. The molecule has 0 saturated carbocycles. The highest BCUT2D eigenvalue weighted by Gasteiger charge is 2.16. The second-order valence-electron chi connectivity index (χ2n) is 3.85. The number of carbonyl (C=O) groups is 1. The Labute approximate surface area is 73.9 Å². The monoisotopic (exact) mass is 170 g/mol. The van der Waals surface area contributed by atoms with Gasteiger partial charge in [-0.1, -0.05) is 13.8 Å². The molecule has 0 aromatic carbocycles. The normalized spacial score (nSPS) is 25.2. The summed E-state index contributed by atoms with van der Waals surface area (Å²) in [4.78, 5) is 11.1. The lowest BCUT2D eigenvalue weighted by molar-refractivity contribution is -0.121. The molecule has 1 unspecified atom stereocenters. The van der Waals surface area contributed by atoms with Crippen LogP contribution in [0.25, 0.3) is 0 Å². The van der Waals surface area contributed by atoms with Gasteiger partial charge in [0.1, 0.15) is 0 Å². The van der Waals surface area contributed by atoms with Crippen LogP contribution in [-0.2, 0) is 4.79 Å². The molecule has 1 aliphatic heterocycles. The van der Waals surface area contributed by atoms with Gasteiger partial charge in [-0.15, -0.1) is 0 Å². The molecule has 0 aromatic rings. The zero-order valence-electron chi connectivity index (χ0n) is 7.89. The van der Waals surface area contributed by atoms with E-state index in [0.29, 0.717) is 18.4 Å². The van der Waals surface area contributed by atoms with E-state index in [1.54, 1.807) is 0 Å². The molecule has 0 spiro atoms. The van der Waals surface area contributed by atoms with Crippen LogP contribution in [0.5, 0.6) is 0 Å². The van der Waals surface area contributed by atoms with Crippen LogP contribution in [0.2, 0.25) is 0 Å². The fourth-order valence-corrected chi connectivity index (χ4v) is 1.54. The van der Waals surface area contributed by atoms with E-state index >= 15 is 0 Å². The van der Waals surface area contributed by atoms with E-state index in [0.717, 1.165) is 19.5 Å². The Kier molecular flexibility index (Phi) is 3.53. The summed E-state index contributed by atoms with van der Waals surface area (Å²) in [6.07, 6.45) is 1.69. The molecule has 12 heavy (non-hydrogen) atoms. The van der Waals surface area contributed by atoms with Crippen molar-refractivity contribution in [2.45, 2.75) is 32.7 Å². The van der Waals surface area contributed by atoms with Crippen LogP contribution in [0.15, 0.2) is 0 Å². The Morgan fingerprint density at radius 2 is 2.33 bits per heavy atom. The van der Waals surface area contributed by atoms with Gasteiger partial charge in [-0.05, 0) is 12.3 Å². The number of rotatable bonds is 2. The highest BCUT2D eigenvalue weighted by molar-refractivity contribution is 5.76. The molecular weight excluding hydrogens is 152 g/mol. The molecule has 70 valence electrons. The lowest BCUT2D eigenvalue weighted by atomic mass is 10.0. The van der Waals surface area contributed by atoms with Gasteiger partial charge >= 0.3 is 0 Å². The maximum absolute atomic E-state index is 11.1. The van der Waals surface area contributed by atoms with E-state index in [1.165, 1.54) is 0 Å². The van der Waals surface area contributed by atoms with Crippen LogP contribution in [-0.4, -0.2) is 25.0 Å². The quantitative estimate of drug-likeness (QED) is 0.634. The van der Waals surface area contributed by atoms with Gasteiger partial charge in [0.05, 0.1) is 0 Å². The second-order valence-corrected chi connectivity index (χ2v) is 3.85. The van der Waals surface area contributed by atoms with Crippen LogP contribution in [0.1, 0.15) is 26.7 Å². The minimum Gasteiger partial charge on any atom is -0.352 e. The second kappa shape index (κ2) is 4.45. The first-order valence-electron chi connectivity index (χ1n) is 4.68. The predicted octanol–water partition coefficient (Wildman–Crippen LogP) is 0.511. The molecule has 1 heterocycles. The average Bonchev–Trinajstić information content (AvgIpc) is 2.12. The smallest absolute Gasteiger partial charge is 0.221 e. The summed E-state index contributed by atoms with van der Waals surface area (Å²) >= 11 is 0. The van der Waals surface area contributed by atoms with Gasteiger partial charge in [-0.2, -0.15) is 0 Å². The average molecular weight is 170 g/mol. The summed E-state index contributed by atoms with van der Waals surface area (Å²) in [6.45, 7) is 6.10. The Hall–Kier alpha value is -0.570. The Morgan fingerprint density at radius 1 is 1.58 bits per heavy atom. The Balaban J connectivity index is 2.36. The number of amides is 1. The first-order chi connectivity index (χ1) is 5.68. The highest BCUT2D eigenvalue weighted by Crippen LogP contribution is 2.05. The standard InChI is InChI=1S/C9H18N2O/c1-7(2)5-8-6-10-4-3-9(12)11-8/h7-8,10H,3-6H2,1-2H3,(H,11,12).